The highest BCUT2D eigenvalue weighted by Crippen LogP contribution is 2.37. The van der Waals surface area contributed by atoms with Crippen molar-refractivity contribution in [2.45, 2.75) is 6.92 Å². The lowest BCUT2D eigenvalue weighted by molar-refractivity contribution is 0.297. The maximum absolute atomic E-state index is 9.60. The van der Waals surface area contributed by atoms with Gasteiger partial charge in [0.15, 0.2) is 11.5 Å². The number of imidazole rings is 1. The summed E-state index contributed by atoms with van der Waals surface area (Å²) in [6.45, 7) is 6.29. The Hall–Kier alpha value is -3.23. The number of rotatable bonds is 7. The molecular formula is C21H18ClN3O2. The lowest BCUT2D eigenvalue weighted by Crippen LogP contribution is -2.00. The molecular weight excluding hydrogens is 362 g/mol. The second-order valence-corrected chi connectivity index (χ2v) is 6.04. The Labute approximate surface area is 162 Å². The second-order valence-electron chi connectivity index (χ2n) is 5.64. The molecule has 0 unspecified atom stereocenters. The van der Waals surface area contributed by atoms with E-state index < -0.39 is 0 Å². The third-order valence-electron chi connectivity index (χ3n) is 3.75. The van der Waals surface area contributed by atoms with E-state index in [2.05, 4.69) is 22.6 Å². The first-order chi connectivity index (χ1) is 13.2. The Morgan fingerprint density at radius 3 is 2.85 bits per heavy atom. The molecule has 27 heavy (non-hydrogen) atoms. The Kier molecular flexibility index (Phi) is 5.80. The number of nitrogens with zero attached hydrogens (tertiary/aromatic N) is 2. The first-order valence-electron chi connectivity index (χ1n) is 8.43. The van der Waals surface area contributed by atoms with Crippen molar-refractivity contribution < 1.29 is 9.47 Å². The molecule has 136 valence electrons. The molecule has 0 aliphatic heterocycles. The fraction of sp³-hybridized carbons (Fsp3) is 0.143. The Morgan fingerprint density at radius 1 is 1.33 bits per heavy atom. The third-order valence-corrected chi connectivity index (χ3v) is 4.03. The van der Waals surface area contributed by atoms with Gasteiger partial charge in [-0.05, 0) is 42.8 Å². The van der Waals surface area contributed by atoms with Gasteiger partial charge in [-0.3, -0.25) is 0 Å². The van der Waals surface area contributed by atoms with Crippen LogP contribution in [0.25, 0.3) is 22.7 Å². The van der Waals surface area contributed by atoms with Crippen LogP contribution in [0.1, 0.15) is 18.3 Å². The van der Waals surface area contributed by atoms with Crippen LogP contribution in [0, 0.1) is 11.3 Å². The van der Waals surface area contributed by atoms with E-state index in [0.29, 0.717) is 46.7 Å². The van der Waals surface area contributed by atoms with Crippen LogP contribution in [-0.4, -0.2) is 23.2 Å². The van der Waals surface area contributed by atoms with Crippen molar-refractivity contribution in [3.05, 3.63) is 65.5 Å². The van der Waals surface area contributed by atoms with Crippen LogP contribution >= 0.6 is 11.6 Å². The molecule has 0 atom stereocenters. The number of aromatic nitrogens is 2. The van der Waals surface area contributed by atoms with Gasteiger partial charge >= 0.3 is 0 Å². The van der Waals surface area contributed by atoms with Gasteiger partial charge in [0.1, 0.15) is 18.5 Å². The number of H-pyrrole nitrogens is 1. The van der Waals surface area contributed by atoms with E-state index in [4.69, 9.17) is 21.1 Å². The molecule has 0 radical (unpaired) electrons. The predicted octanol–water partition coefficient (Wildman–Crippen LogP) is 5.24. The van der Waals surface area contributed by atoms with Gasteiger partial charge in [0.2, 0.25) is 0 Å². The number of nitrogens with one attached hydrogen (secondary N) is 1. The quantitative estimate of drug-likeness (QED) is 0.450. The van der Waals surface area contributed by atoms with Gasteiger partial charge in [-0.25, -0.2) is 4.98 Å². The van der Waals surface area contributed by atoms with Gasteiger partial charge in [-0.15, -0.1) is 0 Å². The van der Waals surface area contributed by atoms with E-state index in [9.17, 15) is 5.26 Å². The topological polar surface area (TPSA) is 70.9 Å². The van der Waals surface area contributed by atoms with Gasteiger partial charge in [-0.2, -0.15) is 5.26 Å². The lowest BCUT2D eigenvalue weighted by atomic mass is 10.1. The number of ether oxygens (including phenoxy) is 2. The van der Waals surface area contributed by atoms with Crippen molar-refractivity contribution in [2.75, 3.05) is 13.2 Å². The van der Waals surface area contributed by atoms with Gasteiger partial charge < -0.3 is 14.5 Å². The summed E-state index contributed by atoms with van der Waals surface area (Å²) in [5.74, 6) is 1.47. The minimum absolute atomic E-state index is 0.317. The smallest absolute Gasteiger partial charge is 0.180 e. The van der Waals surface area contributed by atoms with E-state index >= 15 is 0 Å². The Balaban J connectivity index is 2.03. The number of benzene rings is 2. The normalized spacial score (nSPS) is 11.2. The van der Waals surface area contributed by atoms with Crippen molar-refractivity contribution in [1.82, 2.24) is 9.97 Å². The first kappa shape index (κ1) is 18.6. The van der Waals surface area contributed by atoms with Crippen molar-refractivity contribution in [1.29, 1.82) is 5.26 Å². The molecule has 5 nitrogen and oxygen atoms in total. The summed E-state index contributed by atoms with van der Waals surface area (Å²) in [5.41, 5.74) is 2.78. The minimum atomic E-state index is 0.317. The molecule has 0 bridgehead atoms. The highest BCUT2D eigenvalue weighted by Gasteiger charge is 2.13. The molecule has 2 aromatic carbocycles. The second kappa shape index (κ2) is 8.43. The summed E-state index contributed by atoms with van der Waals surface area (Å²) in [5, 5.41) is 10.00. The van der Waals surface area contributed by atoms with E-state index in [1.165, 1.54) is 0 Å². The van der Waals surface area contributed by atoms with Crippen LogP contribution in [0.5, 0.6) is 11.5 Å². The average molecular weight is 380 g/mol. The number of allylic oxidation sites excluding steroid dienone is 1. The molecule has 3 aromatic rings. The zero-order chi connectivity index (χ0) is 19.2. The largest absolute Gasteiger partial charge is 0.490 e. The van der Waals surface area contributed by atoms with Gasteiger partial charge in [0.05, 0.1) is 28.2 Å². The van der Waals surface area contributed by atoms with E-state index in [0.717, 1.165) is 11.0 Å². The average Bonchev–Trinajstić information content (AvgIpc) is 3.09. The van der Waals surface area contributed by atoms with Crippen LogP contribution in [0.15, 0.2) is 49.1 Å². The number of aromatic amines is 1. The van der Waals surface area contributed by atoms with E-state index in [1.807, 2.05) is 31.2 Å². The molecule has 0 saturated carbocycles. The highest BCUT2D eigenvalue weighted by molar-refractivity contribution is 6.32. The molecule has 0 fully saturated rings. The Bertz CT molecular complexity index is 1010. The van der Waals surface area contributed by atoms with Crippen molar-refractivity contribution in [3.8, 4) is 17.6 Å². The highest BCUT2D eigenvalue weighted by atomic mass is 35.5. The van der Waals surface area contributed by atoms with Crippen molar-refractivity contribution in [2.24, 2.45) is 0 Å². The van der Waals surface area contributed by atoms with Crippen LogP contribution in [0.2, 0.25) is 5.02 Å². The fourth-order valence-electron chi connectivity index (χ4n) is 2.62. The molecule has 1 heterocycles. The SMILES string of the molecule is C=CCOc1c(Cl)cc(C=C(C#N)c2nc3ccccc3[nH]2)cc1OCC. The summed E-state index contributed by atoms with van der Waals surface area (Å²) >= 11 is 6.37. The van der Waals surface area contributed by atoms with Gasteiger partial charge in [0.25, 0.3) is 0 Å². The molecule has 0 amide bonds. The van der Waals surface area contributed by atoms with Crippen molar-refractivity contribution >= 4 is 34.3 Å². The third kappa shape index (κ3) is 4.13. The summed E-state index contributed by atoms with van der Waals surface area (Å²) in [4.78, 5) is 7.63. The molecule has 0 spiro atoms. The summed E-state index contributed by atoms with van der Waals surface area (Å²) in [7, 11) is 0. The molecule has 1 aromatic heterocycles. The number of hydrogen-bond donors (Lipinski definition) is 1. The van der Waals surface area contributed by atoms with Gasteiger partial charge in [-0.1, -0.05) is 36.4 Å². The zero-order valence-corrected chi connectivity index (χ0v) is 15.6. The number of halogens is 1. The molecule has 1 N–H and O–H groups in total. The van der Waals surface area contributed by atoms with Crippen molar-refractivity contribution in [3.63, 3.8) is 0 Å². The summed E-state index contributed by atoms with van der Waals surface area (Å²) in [6, 6.07) is 13.3. The molecule has 0 aliphatic rings. The fourth-order valence-corrected chi connectivity index (χ4v) is 2.89. The van der Waals surface area contributed by atoms with E-state index in [1.54, 1.807) is 24.3 Å². The molecule has 0 saturated heterocycles. The summed E-state index contributed by atoms with van der Waals surface area (Å²) < 4.78 is 11.2. The van der Waals surface area contributed by atoms with Crippen LogP contribution in [-0.2, 0) is 0 Å². The number of fused-ring (bicyclic) bond motifs is 1. The van der Waals surface area contributed by atoms with Crippen LogP contribution < -0.4 is 9.47 Å². The number of nitriles is 1. The van der Waals surface area contributed by atoms with E-state index in [-0.39, 0.29) is 0 Å². The maximum Gasteiger partial charge on any atom is 0.180 e. The molecule has 6 heteroatoms. The zero-order valence-electron chi connectivity index (χ0n) is 14.8. The standard InChI is InChI=1S/C21H18ClN3O2/c1-3-9-27-20-16(22)11-14(12-19(20)26-4-2)10-15(13-23)21-24-17-7-5-6-8-18(17)25-21/h3,5-8,10-12H,1,4,9H2,2H3,(H,24,25). The lowest BCUT2D eigenvalue weighted by Gasteiger charge is -2.13. The molecule has 3 rings (SSSR count). The monoisotopic (exact) mass is 379 g/mol. The molecule has 0 aliphatic carbocycles. The predicted molar refractivity (Wildman–Crippen MR) is 108 cm³/mol. The Morgan fingerprint density at radius 2 is 2.15 bits per heavy atom. The maximum atomic E-state index is 9.60. The van der Waals surface area contributed by atoms with Crippen LogP contribution in [0.3, 0.4) is 0 Å². The minimum Gasteiger partial charge on any atom is -0.490 e. The van der Waals surface area contributed by atoms with Gasteiger partial charge in [0, 0.05) is 0 Å². The first-order valence-corrected chi connectivity index (χ1v) is 8.81. The van der Waals surface area contributed by atoms with Crippen LogP contribution in [0.4, 0.5) is 0 Å². The number of hydrogen-bond acceptors (Lipinski definition) is 4. The number of para-hydroxylation sites is 2. The summed E-state index contributed by atoms with van der Waals surface area (Å²) in [6.07, 6.45) is 3.35.